The summed E-state index contributed by atoms with van der Waals surface area (Å²) in [7, 11) is 2.15. The first-order chi connectivity index (χ1) is 7.20. The Kier molecular flexibility index (Phi) is 3.29. The summed E-state index contributed by atoms with van der Waals surface area (Å²) in [6.07, 6.45) is 1.16. The summed E-state index contributed by atoms with van der Waals surface area (Å²) < 4.78 is 0. The fraction of sp³-hybridized carbons (Fsp3) is 0.500. The Morgan fingerprint density at radius 3 is 2.60 bits per heavy atom. The number of hydrogen-bond acceptors (Lipinski definition) is 2. The first-order valence-electron chi connectivity index (χ1n) is 5.36. The van der Waals surface area contributed by atoms with Crippen LogP contribution in [0, 0.1) is 0 Å². The lowest BCUT2D eigenvalue weighted by Crippen LogP contribution is -2.31. The molecule has 1 aliphatic heterocycles. The number of nitrogens with zero attached hydrogens (tertiary/aromatic N) is 1. The number of benzene rings is 1. The van der Waals surface area contributed by atoms with Crippen LogP contribution in [0.15, 0.2) is 24.3 Å². The van der Waals surface area contributed by atoms with Crippen molar-refractivity contribution in [3.05, 3.63) is 34.9 Å². The van der Waals surface area contributed by atoms with E-state index in [-0.39, 0.29) is 0 Å². The fourth-order valence-corrected chi connectivity index (χ4v) is 2.46. The largest absolute Gasteiger partial charge is 0.329 e. The minimum Gasteiger partial charge on any atom is -0.329 e. The molecule has 2 rings (SSSR count). The Hall–Kier alpha value is -0.570. The summed E-state index contributed by atoms with van der Waals surface area (Å²) in [4.78, 5) is 2.35. The van der Waals surface area contributed by atoms with Gasteiger partial charge >= 0.3 is 0 Å². The van der Waals surface area contributed by atoms with E-state index in [1.807, 2.05) is 12.1 Å². The molecular formula is C12H17ClN2. The van der Waals surface area contributed by atoms with Crippen molar-refractivity contribution in [2.24, 2.45) is 5.73 Å². The first kappa shape index (κ1) is 10.9. The van der Waals surface area contributed by atoms with Gasteiger partial charge in [-0.15, -0.1) is 0 Å². The number of likely N-dealkylation sites (tertiary alicyclic amines) is 1. The quantitative estimate of drug-likeness (QED) is 0.834. The molecule has 15 heavy (non-hydrogen) atoms. The van der Waals surface area contributed by atoms with Crippen LogP contribution in [0.5, 0.6) is 0 Å². The summed E-state index contributed by atoms with van der Waals surface area (Å²) in [6.45, 7) is 1.85. The van der Waals surface area contributed by atoms with E-state index in [1.54, 1.807) is 0 Å². The van der Waals surface area contributed by atoms with Crippen LogP contribution < -0.4 is 5.73 Å². The molecule has 0 radical (unpaired) electrons. The van der Waals surface area contributed by atoms with Crippen molar-refractivity contribution in [2.45, 2.75) is 18.4 Å². The number of nitrogens with two attached hydrogens (primary N) is 1. The molecule has 2 unspecified atom stereocenters. The SMILES string of the molecule is CN1CC(c2ccc(Cl)cc2)CC1CN. The summed E-state index contributed by atoms with van der Waals surface area (Å²) in [5.41, 5.74) is 7.10. The Labute approximate surface area is 96.0 Å². The van der Waals surface area contributed by atoms with Crippen molar-refractivity contribution in [3.8, 4) is 0 Å². The van der Waals surface area contributed by atoms with Gasteiger partial charge in [0, 0.05) is 24.2 Å². The molecule has 1 saturated heterocycles. The van der Waals surface area contributed by atoms with Crippen LogP contribution >= 0.6 is 11.6 Å². The van der Waals surface area contributed by atoms with Crippen LogP contribution in [0.2, 0.25) is 5.02 Å². The third-order valence-corrected chi connectivity index (χ3v) is 3.55. The maximum Gasteiger partial charge on any atom is 0.0406 e. The van der Waals surface area contributed by atoms with Crippen molar-refractivity contribution in [1.82, 2.24) is 4.90 Å². The number of halogens is 1. The predicted molar refractivity (Wildman–Crippen MR) is 64.3 cm³/mol. The van der Waals surface area contributed by atoms with Gasteiger partial charge in [0.15, 0.2) is 0 Å². The van der Waals surface area contributed by atoms with Crippen molar-refractivity contribution < 1.29 is 0 Å². The number of hydrogen-bond donors (Lipinski definition) is 1. The maximum atomic E-state index is 5.87. The molecule has 0 aliphatic carbocycles. The van der Waals surface area contributed by atoms with Crippen molar-refractivity contribution in [3.63, 3.8) is 0 Å². The third kappa shape index (κ3) is 2.33. The van der Waals surface area contributed by atoms with Crippen LogP contribution in [0.25, 0.3) is 0 Å². The molecule has 0 saturated carbocycles. The zero-order valence-corrected chi connectivity index (χ0v) is 9.74. The highest BCUT2D eigenvalue weighted by molar-refractivity contribution is 6.30. The standard InChI is InChI=1S/C12H17ClN2/c1-15-8-10(6-12(15)7-14)9-2-4-11(13)5-3-9/h2-5,10,12H,6-8,14H2,1H3. The molecule has 1 heterocycles. The molecule has 82 valence electrons. The summed E-state index contributed by atoms with van der Waals surface area (Å²) in [6, 6.07) is 8.71. The molecule has 3 heteroatoms. The maximum absolute atomic E-state index is 5.87. The van der Waals surface area contributed by atoms with E-state index in [2.05, 4.69) is 24.1 Å². The lowest BCUT2D eigenvalue weighted by Gasteiger charge is -2.15. The van der Waals surface area contributed by atoms with Crippen molar-refractivity contribution in [2.75, 3.05) is 20.1 Å². The van der Waals surface area contributed by atoms with Gasteiger partial charge in [-0.2, -0.15) is 0 Å². The highest BCUT2D eigenvalue weighted by Crippen LogP contribution is 2.30. The minimum atomic E-state index is 0.533. The molecule has 0 spiro atoms. The van der Waals surface area contributed by atoms with Gasteiger partial charge in [-0.25, -0.2) is 0 Å². The van der Waals surface area contributed by atoms with E-state index in [4.69, 9.17) is 17.3 Å². The number of likely N-dealkylation sites (N-methyl/N-ethyl adjacent to an activating group) is 1. The monoisotopic (exact) mass is 224 g/mol. The van der Waals surface area contributed by atoms with Crippen LogP contribution in [0.1, 0.15) is 17.9 Å². The molecule has 2 atom stereocenters. The zero-order chi connectivity index (χ0) is 10.8. The van der Waals surface area contributed by atoms with Gasteiger partial charge < -0.3 is 10.6 Å². The average Bonchev–Trinajstić information content (AvgIpc) is 2.61. The van der Waals surface area contributed by atoms with Gasteiger partial charge in [-0.05, 0) is 37.1 Å². The van der Waals surface area contributed by atoms with Gasteiger partial charge in [-0.1, -0.05) is 23.7 Å². The van der Waals surface area contributed by atoms with Gasteiger partial charge in [0.05, 0.1) is 0 Å². The number of rotatable bonds is 2. The Morgan fingerprint density at radius 2 is 2.07 bits per heavy atom. The van der Waals surface area contributed by atoms with Crippen molar-refractivity contribution >= 4 is 11.6 Å². The van der Waals surface area contributed by atoms with Crippen LogP contribution in [-0.2, 0) is 0 Å². The smallest absolute Gasteiger partial charge is 0.0406 e. The second-order valence-corrected chi connectivity index (χ2v) is 4.75. The summed E-state index contributed by atoms with van der Waals surface area (Å²) in [5, 5.41) is 0.806. The lowest BCUT2D eigenvalue weighted by molar-refractivity contribution is 0.316. The summed E-state index contributed by atoms with van der Waals surface area (Å²) in [5.74, 6) is 0.612. The average molecular weight is 225 g/mol. The minimum absolute atomic E-state index is 0.533. The van der Waals surface area contributed by atoms with E-state index in [0.29, 0.717) is 12.0 Å². The topological polar surface area (TPSA) is 29.3 Å². The van der Waals surface area contributed by atoms with Crippen LogP contribution in [0.3, 0.4) is 0 Å². The van der Waals surface area contributed by atoms with E-state index < -0.39 is 0 Å². The zero-order valence-electron chi connectivity index (χ0n) is 8.99. The van der Waals surface area contributed by atoms with Gasteiger partial charge in [0.25, 0.3) is 0 Å². The highest BCUT2D eigenvalue weighted by atomic mass is 35.5. The molecule has 0 aromatic heterocycles. The molecule has 0 bridgehead atoms. The molecule has 1 aliphatic rings. The fourth-order valence-electron chi connectivity index (χ4n) is 2.33. The van der Waals surface area contributed by atoms with Crippen LogP contribution in [0.4, 0.5) is 0 Å². The third-order valence-electron chi connectivity index (χ3n) is 3.30. The van der Waals surface area contributed by atoms with Gasteiger partial charge in [0.1, 0.15) is 0 Å². The predicted octanol–water partition coefficient (Wildman–Crippen LogP) is 2.09. The Balaban J connectivity index is 2.10. The molecular weight excluding hydrogens is 208 g/mol. The molecule has 1 fully saturated rings. The van der Waals surface area contributed by atoms with E-state index in [9.17, 15) is 0 Å². The van der Waals surface area contributed by atoms with Crippen molar-refractivity contribution in [1.29, 1.82) is 0 Å². The highest BCUT2D eigenvalue weighted by Gasteiger charge is 2.29. The van der Waals surface area contributed by atoms with E-state index in [0.717, 1.165) is 24.5 Å². The molecule has 1 aromatic carbocycles. The Bertz CT molecular complexity index is 323. The second kappa shape index (κ2) is 4.52. The molecule has 2 nitrogen and oxygen atoms in total. The summed E-state index contributed by atoms with van der Waals surface area (Å²) >= 11 is 5.87. The Morgan fingerprint density at radius 1 is 1.40 bits per heavy atom. The van der Waals surface area contributed by atoms with Gasteiger partial charge in [-0.3, -0.25) is 0 Å². The first-order valence-corrected chi connectivity index (χ1v) is 5.74. The van der Waals surface area contributed by atoms with E-state index >= 15 is 0 Å². The van der Waals surface area contributed by atoms with Crippen LogP contribution in [-0.4, -0.2) is 31.1 Å². The van der Waals surface area contributed by atoms with Gasteiger partial charge in [0.2, 0.25) is 0 Å². The lowest BCUT2D eigenvalue weighted by atomic mass is 9.96. The molecule has 0 amide bonds. The normalized spacial score (nSPS) is 27.1. The van der Waals surface area contributed by atoms with E-state index in [1.165, 1.54) is 5.56 Å². The molecule has 2 N–H and O–H groups in total. The molecule has 1 aromatic rings. The second-order valence-electron chi connectivity index (χ2n) is 4.31.